The van der Waals surface area contributed by atoms with E-state index in [0.717, 1.165) is 0 Å². The summed E-state index contributed by atoms with van der Waals surface area (Å²) in [6, 6.07) is 6.91. The lowest BCUT2D eigenvalue weighted by molar-refractivity contribution is -0.140. The molecular weight excluding hydrogens is 331 g/mol. The van der Waals surface area contributed by atoms with E-state index in [1.165, 1.54) is 6.07 Å². The van der Waals surface area contributed by atoms with E-state index in [4.69, 9.17) is 11.6 Å². The van der Waals surface area contributed by atoms with Crippen molar-refractivity contribution in [3.63, 3.8) is 0 Å². The molecule has 1 N–H and O–H groups in total. The van der Waals surface area contributed by atoms with Gasteiger partial charge in [0.15, 0.2) is 0 Å². The number of carbonyl (C=O) groups is 1. The number of nitriles is 1. The third-order valence-electron chi connectivity index (χ3n) is 3.67. The predicted octanol–water partition coefficient (Wildman–Crippen LogP) is 3.11. The molecule has 124 valence electrons. The van der Waals surface area contributed by atoms with E-state index in [9.17, 15) is 23.2 Å². The zero-order valence-corrected chi connectivity index (χ0v) is 12.9. The minimum absolute atomic E-state index is 0.278. The van der Waals surface area contributed by atoms with E-state index >= 15 is 0 Å². The highest BCUT2D eigenvalue weighted by atomic mass is 35.5. The Bertz CT molecular complexity index is 627. The molecule has 0 aromatic heterocycles. The molecule has 1 atom stereocenters. The summed E-state index contributed by atoms with van der Waals surface area (Å²) in [4.78, 5) is 13.7. The van der Waals surface area contributed by atoms with Crippen LogP contribution in [0.25, 0.3) is 0 Å². The maximum atomic E-state index is 12.2. The van der Waals surface area contributed by atoms with Crippen molar-refractivity contribution in [1.82, 2.24) is 5.32 Å². The number of alkyl halides is 3. The quantitative estimate of drug-likeness (QED) is 0.915. The monoisotopic (exact) mass is 345 g/mol. The van der Waals surface area contributed by atoms with Crippen molar-refractivity contribution in [1.29, 1.82) is 5.26 Å². The number of anilines is 1. The summed E-state index contributed by atoms with van der Waals surface area (Å²) in [5, 5.41) is 11.5. The van der Waals surface area contributed by atoms with Gasteiger partial charge in [-0.1, -0.05) is 11.6 Å². The molecule has 4 nitrogen and oxygen atoms in total. The molecule has 0 spiro atoms. The van der Waals surface area contributed by atoms with E-state index in [1.54, 1.807) is 12.1 Å². The average Bonchev–Trinajstić information content (AvgIpc) is 2.51. The van der Waals surface area contributed by atoms with Crippen LogP contribution in [0.1, 0.15) is 18.4 Å². The van der Waals surface area contributed by atoms with Crippen molar-refractivity contribution in [3.8, 4) is 6.07 Å². The highest BCUT2D eigenvalue weighted by molar-refractivity contribution is 6.30. The molecule has 1 unspecified atom stereocenters. The molecule has 1 saturated heterocycles. The number of benzene rings is 1. The lowest BCUT2D eigenvalue weighted by Gasteiger charge is -2.34. The molecule has 23 heavy (non-hydrogen) atoms. The minimum atomic E-state index is -4.42. The van der Waals surface area contributed by atoms with E-state index in [1.807, 2.05) is 16.3 Å². The maximum absolute atomic E-state index is 12.2. The molecule has 1 aliphatic heterocycles. The Hall–Kier alpha value is -1.94. The van der Waals surface area contributed by atoms with Crippen LogP contribution in [0, 0.1) is 17.2 Å². The van der Waals surface area contributed by atoms with E-state index < -0.39 is 24.5 Å². The van der Waals surface area contributed by atoms with Crippen LogP contribution in [0.4, 0.5) is 18.9 Å². The smallest absolute Gasteiger partial charge is 0.370 e. The lowest BCUT2D eigenvalue weighted by Crippen LogP contribution is -2.45. The number of nitrogens with one attached hydrogen (secondary N) is 1. The zero-order valence-electron chi connectivity index (χ0n) is 12.2. The van der Waals surface area contributed by atoms with Crippen molar-refractivity contribution >= 4 is 23.2 Å². The standard InChI is InChI=1S/C15H15ClF3N3O/c16-12-3-4-13(11(6-12)7-20)22-5-1-2-10(8-22)14(23)21-9-15(17,18)19/h3-4,6,10H,1-2,5,8-9H2,(H,21,23). The molecule has 1 fully saturated rings. The first-order chi connectivity index (χ1) is 10.8. The summed E-state index contributed by atoms with van der Waals surface area (Å²) < 4.78 is 36.6. The Balaban J connectivity index is 2.07. The van der Waals surface area contributed by atoms with Gasteiger partial charge in [-0.25, -0.2) is 0 Å². The maximum Gasteiger partial charge on any atom is 0.405 e. The van der Waals surface area contributed by atoms with Crippen LogP contribution < -0.4 is 10.2 Å². The Morgan fingerprint density at radius 2 is 2.22 bits per heavy atom. The third kappa shape index (κ3) is 4.76. The van der Waals surface area contributed by atoms with Gasteiger partial charge in [-0.15, -0.1) is 0 Å². The molecule has 1 aromatic rings. The van der Waals surface area contributed by atoms with Crippen LogP contribution >= 0.6 is 11.6 Å². The molecule has 1 aromatic carbocycles. The number of hydrogen-bond donors (Lipinski definition) is 1. The average molecular weight is 346 g/mol. The van der Waals surface area contributed by atoms with Crippen LogP contribution in [0.3, 0.4) is 0 Å². The zero-order chi connectivity index (χ0) is 17.0. The van der Waals surface area contributed by atoms with Crippen LogP contribution in [0.15, 0.2) is 18.2 Å². The molecular formula is C15H15ClF3N3O. The van der Waals surface area contributed by atoms with Crippen LogP contribution in [0.2, 0.25) is 5.02 Å². The second-order valence-electron chi connectivity index (χ2n) is 5.39. The second kappa shape index (κ2) is 7.09. The largest absolute Gasteiger partial charge is 0.405 e. The summed E-state index contributed by atoms with van der Waals surface area (Å²) in [7, 11) is 0. The normalized spacial score (nSPS) is 18.4. The Morgan fingerprint density at radius 3 is 2.87 bits per heavy atom. The van der Waals surface area contributed by atoms with Crippen molar-refractivity contribution in [2.75, 3.05) is 24.5 Å². The summed E-state index contributed by atoms with van der Waals surface area (Å²) in [5.74, 6) is -1.15. The van der Waals surface area contributed by atoms with Gasteiger partial charge in [-0.3, -0.25) is 4.79 Å². The molecule has 0 radical (unpaired) electrons. The van der Waals surface area contributed by atoms with E-state index in [0.29, 0.717) is 35.7 Å². The molecule has 1 aliphatic rings. The number of halogens is 4. The van der Waals surface area contributed by atoms with Gasteiger partial charge in [0, 0.05) is 18.1 Å². The van der Waals surface area contributed by atoms with Crippen LogP contribution in [-0.2, 0) is 4.79 Å². The van der Waals surface area contributed by atoms with Crippen molar-refractivity contribution in [2.45, 2.75) is 19.0 Å². The van der Waals surface area contributed by atoms with Crippen molar-refractivity contribution < 1.29 is 18.0 Å². The number of carbonyl (C=O) groups excluding carboxylic acids is 1. The van der Waals surface area contributed by atoms with Gasteiger partial charge < -0.3 is 10.2 Å². The van der Waals surface area contributed by atoms with Crippen molar-refractivity contribution in [2.24, 2.45) is 5.92 Å². The lowest BCUT2D eigenvalue weighted by atomic mass is 9.96. The first-order valence-corrected chi connectivity index (χ1v) is 7.47. The fraction of sp³-hybridized carbons (Fsp3) is 0.467. The number of rotatable bonds is 3. The number of piperidine rings is 1. The van der Waals surface area contributed by atoms with Crippen molar-refractivity contribution in [3.05, 3.63) is 28.8 Å². The van der Waals surface area contributed by atoms with Gasteiger partial charge in [0.1, 0.15) is 12.6 Å². The molecule has 0 aliphatic carbocycles. The molecule has 0 saturated carbocycles. The van der Waals surface area contributed by atoms with Gasteiger partial charge in [0.25, 0.3) is 0 Å². The fourth-order valence-corrected chi connectivity index (χ4v) is 2.79. The molecule has 0 bridgehead atoms. The molecule has 1 amide bonds. The van der Waals surface area contributed by atoms with E-state index in [-0.39, 0.29) is 6.54 Å². The van der Waals surface area contributed by atoms with Gasteiger partial charge >= 0.3 is 6.18 Å². The number of nitrogens with zero attached hydrogens (tertiary/aromatic N) is 2. The van der Waals surface area contributed by atoms with Gasteiger partial charge in [0.2, 0.25) is 5.91 Å². The Kier molecular flexibility index (Phi) is 5.37. The second-order valence-corrected chi connectivity index (χ2v) is 5.83. The SMILES string of the molecule is N#Cc1cc(Cl)ccc1N1CCCC(C(=O)NCC(F)(F)F)C1. The fourth-order valence-electron chi connectivity index (χ4n) is 2.62. The predicted molar refractivity (Wildman–Crippen MR) is 80.2 cm³/mol. The number of hydrogen-bond acceptors (Lipinski definition) is 3. The topological polar surface area (TPSA) is 56.1 Å². The summed E-state index contributed by atoms with van der Waals surface area (Å²) in [5.41, 5.74) is 1.03. The molecule has 8 heteroatoms. The summed E-state index contributed by atoms with van der Waals surface area (Å²) in [6.07, 6.45) is -3.23. The van der Waals surface area contributed by atoms with Gasteiger partial charge in [-0.05, 0) is 31.0 Å². The minimum Gasteiger partial charge on any atom is -0.370 e. The Morgan fingerprint density at radius 1 is 1.48 bits per heavy atom. The third-order valence-corrected chi connectivity index (χ3v) is 3.91. The van der Waals surface area contributed by atoms with Gasteiger partial charge in [0.05, 0.1) is 17.2 Å². The van der Waals surface area contributed by atoms with E-state index in [2.05, 4.69) is 0 Å². The molecule has 2 rings (SSSR count). The Labute approximate surface area is 136 Å². The molecule has 1 heterocycles. The summed E-state index contributed by atoms with van der Waals surface area (Å²) in [6.45, 7) is -0.411. The highest BCUT2D eigenvalue weighted by Gasteiger charge is 2.31. The number of amides is 1. The first kappa shape index (κ1) is 17.4. The summed E-state index contributed by atoms with van der Waals surface area (Å²) >= 11 is 5.86. The van der Waals surface area contributed by atoms with Crippen LogP contribution in [0.5, 0.6) is 0 Å². The van der Waals surface area contributed by atoms with Gasteiger partial charge in [-0.2, -0.15) is 18.4 Å². The highest BCUT2D eigenvalue weighted by Crippen LogP contribution is 2.28. The first-order valence-electron chi connectivity index (χ1n) is 7.09. The van der Waals surface area contributed by atoms with Crippen LogP contribution in [-0.4, -0.2) is 31.7 Å².